The fourth-order valence-electron chi connectivity index (χ4n) is 3.04. The Labute approximate surface area is 131 Å². The van der Waals surface area contributed by atoms with Gasteiger partial charge in [0.1, 0.15) is 0 Å². The van der Waals surface area contributed by atoms with Crippen LogP contribution < -0.4 is 9.47 Å². The third kappa shape index (κ3) is 2.79. The van der Waals surface area contributed by atoms with Crippen molar-refractivity contribution >= 4 is 23.3 Å². The number of rotatable bonds is 6. The molecule has 0 fully saturated rings. The Morgan fingerprint density at radius 3 is 2.24 bits per heavy atom. The van der Waals surface area contributed by atoms with Gasteiger partial charge < -0.3 is 19.0 Å². The molecule has 1 N–H and O–H groups in total. The van der Waals surface area contributed by atoms with Crippen LogP contribution in [0.4, 0.5) is 0 Å². The summed E-state index contributed by atoms with van der Waals surface area (Å²) < 4.78 is 13.7. The summed E-state index contributed by atoms with van der Waals surface area (Å²) in [5.74, 6) is 2.04. The molecule has 2 rings (SSSR count). The molecular weight excluding hydrogens is 284 g/mol. The third-order valence-corrected chi connectivity index (χ3v) is 4.66. The van der Waals surface area contributed by atoms with Gasteiger partial charge in [0.25, 0.3) is 0 Å². The molecule has 4 nitrogen and oxygen atoms in total. The number of hydrogen-bond donors (Lipinski definition) is 1. The van der Waals surface area contributed by atoms with Crippen LogP contribution in [0.15, 0.2) is 12.1 Å². The van der Waals surface area contributed by atoms with Gasteiger partial charge in [0.15, 0.2) is 16.3 Å². The van der Waals surface area contributed by atoms with Gasteiger partial charge in [-0.25, -0.2) is 0 Å². The van der Waals surface area contributed by atoms with Gasteiger partial charge in [-0.15, -0.1) is 0 Å². The first-order chi connectivity index (χ1) is 10.1. The quantitative estimate of drug-likeness (QED) is 0.785. The Balaban J connectivity index is 2.64. The molecule has 1 unspecified atom stereocenters. The fraction of sp³-hybridized carbons (Fsp3) is 0.562. The van der Waals surface area contributed by atoms with Crippen LogP contribution in [0.25, 0.3) is 11.0 Å². The highest BCUT2D eigenvalue weighted by Gasteiger charge is 2.20. The van der Waals surface area contributed by atoms with E-state index in [2.05, 4.69) is 30.3 Å². The Hall–Kier alpha value is -1.49. The van der Waals surface area contributed by atoms with E-state index in [1.807, 2.05) is 12.1 Å². The van der Waals surface area contributed by atoms with Gasteiger partial charge in [-0.05, 0) is 25.1 Å². The molecule has 0 aliphatic rings. The van der Waals surface area contributed by atoms with Crippen molar-refractivity contribution in [1.29, 1.82) is 0 Å². The number of hydrogen-bond acceptors (Lipinski definition) is 3. The minimum absolute atomic E-state index is 0.347. The monoisotopic (exact) mass is 308 g/mol. The first-order valence-electron chi connectivity index (χ1n) is 7.43. The van der Waals surface area contributed by atoms with Crippen LogP contribution in [0, 0.1) is 10.7 Å². The van der Waals surface area contributed by atoms with Crippen molar-refractivity contribution in [1.82, 2.24) is 9.55 Å². The molecule has 0 radical (unpaired) electrons. The Bertz CT molecular complexity index is 671. The lowest BCUT2D eigenvalue weighted by Crippen LogP contribution is -2.15. The molecule has 0 spiro atoms. The van der Waals surface area contributed by atoms with Gasteiger partial charge in [-0.3, -0.25) is 0 Å². The normalized spacial score (nSPS) is 12.9. The number of nitrogens with one attached hydrogen (secondary N) is 1. The lowest BCUT2D eigenvalue weighted by molar-refractivity contribution is 0.336. The zero-order valence-electron chi connectivity index (χ0n) is 13.4. The zero-order chi connectivity index (χ0) is 15.6. The molecule has 0 amide bonds. The number of aromatic nitrogens is 2. The summed E-state index contributed by atoms with van der Waals surface area (Å²) in [5, 5.41) is 0. The van der Waals surface area contributed by atoms with Crippen LogP contribution in [-0.4, -0.2) is 23.8 Å². The average Bonchev–Trinajstić information content (AvgIpc) is 2.81. The van der Waals surface area contributed by atoms with E-state index in [1.54, 1.807) is 14.2 Å². The lowest BCUT2D eigenvalue weighted by Gasteiger charge is -2.23. The van der Waals surface area contributed by atoms with Crippen molar-refractivity contribution in [3.05, 3.63) is 16.9 Å². The Morgan fingerprint density at radius 2 is 1.71 bits per heavy atom. The summed E-state index contributed by atoms with van der Waals surface area (Å²) in [6.07, 6.45) is 2.28. The molecule has 2 aromatic rings. The number of imidazole rings is 1. The van der Waals surface area contributed by atoms with E-state index in [9.17, 15) is 0 Å². The van der Waals surface area contributed by atoms with Crippen molar-refractivity contribution in [3.8, 4) is 11.5 Å². The molecular formula is C16H24N2O2S. The van der Waals surface area contributed by atoms with Crippen LogP contribution >= 0.6 is 12.2 Å². The highest BCUT2D eigenvalue weighted by molar-refractivity contribution is 7.71. The second-order valence-electron chi connectivity index (χ2n) is 5.34. The smallest absolute Gasteiger partial charge is 0.178 e. The van der Waals surface area contributed by atoms with Gasteiger partial charge in [0.2, 0.25) is 0 Å². The Morgan fingerprint density at radius 1 is 1.14 bits per heavy atom. The largest absolute Gasteiger partial charge is 0.493 e. The highest BCUT2D eigenvalue weighted by atomic mass is 32.1. The van der Waals surface area contributed by atoms with Crippen LogP contribution in [0.2, 0.25) is 0 Å². The molecule has 0 aliphatic carbocycles. The molecule has 1 atom stereocenters. The number of aromatic amines is 1. The van der Waals surface area contributed by atoms with Gasteiger partial charge in [-0.1, -0.05) is 26.7 Å². The average molecular weight is 308 g/mol. The molecule has 1 aromatic heterocycles. The van der Waals surface area contributed by atoms with Crippen molar-refractivity contribution < 1.29 is 9.47 Å². The van der Waals surface area contributed by atoms with Crippen molar-refractivity contribution in [2.75, 3.05) is 14.2 Å². The van der Waals surface area contributed by atoms with Gasteiger partial charge in [0, 0.05) is 18.2 Å². The summed E-state index contributed by atoms with van der Waals surface area (Å²) in [4.78, 5) is 3.28. The third-order valence-electron chi connectivity index (χ3n) is 4.36. The van der Waals surface area contributed by atoms with Crippen molar-refractivity contribution in [2.45, 2.75) is 39.7 Å². The fourth-order valence-corrected chi connectivity index (χ4v) is 3.41. The van der Waals surface area contributed by atoms with Crippen LogP contribution in [0.3, 0.4) is 0 Å². The molecule has 0 bridgehead atoms. The van der Waals surface area contributed by atoms with Crippen molar-refractivity contribution in [2.24, 2.45) is 5.92 Å². The van der Waals surface area contributed by atoms with Crippen LogP contribution in [0.5, 0.6) is 11.5 Å². The molecule has 21 heavy (non-hydrogen) atoms. The molecule has 0 aliphatic heterocycles. The predicted octanol–water partition coefficient (Wildman–Crippen LogP) is 4.71. The van der Waals surface area contributed by atoms with Gasteiger partial charge in [-0.2, -0.15) is 0 Å². The number of H-pyrrole nitrogens is 1. The van der Waals surface area contributed by atoms with E-state index in [1.165, 1.54) is 0 Å². The van der Waals surface area contributed by atoms with E-state index in [-0.39, 0.29) is 0 Å². The summed E-state index contributed by atoms with van der Waals surface area (Å²) in [6.45, 7) is 6.69. The second-order valence-corrected chi connectivity index (χ2v) is 5.73. The van der Waals surface area contributed by atoms with E-state index >= 15 is 0 Å². The van der Waals surface area contributed by atoms with E-state index in [0.717, 1.165) is 34.4 Å². The maximum absolute atomic E-state index is 5.53. The standard InChI is InChI=1S/C16H24N2O2S/c1-6-11(7-2)10(3)18-13-9-15(20-5)14(19-4)8-12(13)17-16(18)21/h8-11H,6-7H2,1-5H3,(H,17,21). The Kier molecular flexibility index (Phi) is 4.93. The number of nitrogens with zero attached hydrogens (tertiary/aromatic N) is 1. The summed E-state index contributed by atoms with van der Waals surface area (Å²) in [5.41, 5.74) is 2.05. The molecule has 0 saturated carbocycles. The van der Waals surface area contributed by atoms with Crippen molar-refractivity contribution in [3.63, 3.8) is 0 Å². The summed E-state index contributed by atoms with van der Waals surface area (Å²) >= 11 is 5.53. The minimum Gasteiger partial charge on any atom is -0.493 e. The number of benzene rings is 1. The maximum atomic E-state index is 5.53. The second kappa shape index (κ2) is 6.52. The van der Waals surface area contributed by atoms with E-state index < -0.39 is 0 Å². The predicted molar refractivity (Wildman–Crippen MR) is 89.0 cm³/mol. The number of ether oxygens (including phenoxy) is 2. The SMILES string of the molecule is CCC(CC)C(C)n1c(=S)[nH]c2cc(OC)c(OC)cc21. The lowest BCUT2D eigenvalue weighted by atomic mass is 9.95. The first-order valence-corrected chi connectivity index (χ1v) is 7.84. The highest BCUT2D eigenvalue weighted by Crippen LogP contribution is 2.35. The minimum atomic E-state index is 0.347. The summed E-state index contributed by atoms with van der Waals surface area (Å²) in [6, 6.07) is 4.29. The van der Waals surface area contributed by atoms with Crippen LogP contribution in [0.1, 0.15) is 39.7 Å². The van der Waals surface area contributed by atoms with E-state index in [0.29, 0.717) is 17.7 Å². The number of methoxy groups -OCH3 is 2. The number of fused-ring (bicyclic) bond motifs is 1. The molecule has 5 heteroatoms. The summed E-state index contributed by atoms with van der Waals surface area (Å²) in [7, 11) is 3.29. The van der Waals surface area contributed by atoms with Gasteiger partial charge in [0.05, 0.1) is 25.3 Å². The van der Waals surface area contributed by atoms with Crippen LogP contribution in [-0.2, 0) is 0 Å². The zero-order valence-corrected chi connectivity index (χ0v) is 14.2. The molecule has 1 heterocycles. The molecule has 0 saturated heterocycles. The topological polar surface area (TPSA) is 39.2 Å². The molecule has 1 aromatic carbocycles. The maximum Gasteiger partial charge on any atom is 0.178 e. The first kappa shape index (κ1) is 15.9. The molecule has 116 valence electrons. The van der Waals surface area contributed by atoms with E-state index in [4.69, 9.17) is 21.7 Å². The van der Waals surface area contributed by atoms with Gasteiger partial charge >= 0.3 is 0 Å².